The van der Waals surface area contributed by atoms with Gasteiger partial charge in [-0.2, -0.15) is 0 Å². The zero-order valence-corrected chi connectivity index (χ0v) is 12.1. The molecule has 106 valence electrons. The van der Waals surface area contributed by atoms with Gasteiger partial charge in [-0.15, -0.1) is 0 Å². The van der Waals surface area contributed by atoms with Crippen LogP contribution in [0.1, 0.15) is 38.1 Å². The Morgan fingerprint density at radius 1 is 1.47 bits per heavy atom. The van der Waals surface area contributed by atoms with Crippen molar-refractivity contribution < 1.29 is 9.84 Å². The second-order valence-corrected chi connectivity index (χ2v) is 5.53. The van der Waals surface area contributed by atoms with Gasteiger partial charge in [0.25, 0.3) is 0 Å². The molecule has 1 saturated heterocycles. The van der Waals surface area contributed by atoms with Gasteiger partial charge in [-0.3, -0.25) is 0 Å². The standard InChI is InChI=1S/C14H23N3O2/c1-9(2)13-5-10(3)15-14(16-13)17-6-12(7-18)19-8-11(17)4/h5,9,11-12,18H,6-8H2,1-4H3. The lowest BCUT2D eigenvalue weighted by atomic mass is 10.1. The second kappa shape index (κ2) is 5.84. The number of aromatic nitrogens is 2. The van der Waals surface area contributed by atoms with Crippen LogP contribution < -0.4 is 4.90 Å². The Labute approximate surface area is 114 Å². The number of hydrogen-bond donors (Lipinski definition) is 1. The molecule has 1 aromatic heterocycles. The van der Waals surface area contributed by atoms with Gasteiger partial charge in [0.1, 0.15) is 0 Å². The molecule has 5 nitrogen and oxygen atoms in total. The summed E-state index contributed by atoms with van der Waals surface area (Å²) in [6.45, 7) is 9.61. The lowest BCUT2D eigenvalue weighted by molar-refractivity contribution is -0.0108. The molecule has 1 aliphatic rings. The van der Waals surface area contributed by atoms with Gasteiger partial charge in [-0.1, -0.05) is 13.8 Å². The van der Waals surface area contributed by atoms with E-state index in [2.05, 4.69) is 35.6 Å². The quantitative estimate of drug-likeness (QED) is 0.897. The number of rotatable bonds is 3. The van der Waals surface area contributed by atoms with Crippen molar-refractivity contribution >= 4 is 5.95 Å². The number of aliphatic hydroxyl groups is 1. The molecular weight excluding hydrogens is 242 g/mol. The van der Waals surface area contributed by atoms with Crippen molar-refractivity contribution in [3.05, 3.63) is 17.5 Å². The Kier molecular flexibility index (Phi) is 4.37. The Hall–Kier alpha value is -1.20. The van der Waals surface area contributed by atoms with Crippen LogP contribution in [-0.4, -0.2) is 47.0 Å². The molecule has 0 aliphatic carbocycles. The Balaban J connectivity index is 2.28. The lowest BCUT2D eigenvalue weighted by Gasteiger charge is -2.37. The molecular formula is C14H23N3O2. The maximum atomic E-state index is 9.25. The molecule has 1 N–H and O–H groups in total. The zero-order chi connectivity index (χ0) is 14.0. The number of aryl methyl sites for hydroxylation is 1. The molecule has 2 rings (SSSR count). The lowest BCUT2D eigenvalue weighted by Crippen LogP contribution is -2.50. The van der Waals surface area contributed by atoms with Crippen molar-refractivity contribution in [2.75, 3.05) is 24.7 Å². The van der Waals surface area contributed by atoms with Crippen molar-refractivity contribution in [2.45, 2.75) is 45.8 Å². The van der Waals surface area contributed by atoms with E-state index in [1.165, 1.54) is 0 Å². The van der Waals surface area contributed by atoms with Crippen LogP contribution in [0.3, 0.4) is 0 Å². The molecule has 5 heteroatoms. The smallest absolute Gasteiger partial charge is 0.226 e. The van der Waals surface area contributed by atoms with Gasteiger partial charge < -0.3 is 14.7 Å². The third-order valence-electron chi connectivity index (χ3n) is 3.42. The first-order chi connectivity index (χ1) is 9.01. The molecule has 19 heavy (non-hydrogen) atoms. The predicted molar refractivity (Wildman–Crippen MR) is 74.5 cm³/mol. The van der Waals surface area contributed by atoms with E-state index in [-0.39, 0.29) is 18.8 Å². The van der Waals surface area contributed by atoms with Crippen LogP contribution in [0.15, 0.2) is 6.07 Å². The summed E-state index contributed by atoms with van der Waals surface area (Å²) in [5.41, 5.74) is 2.04. The van der Waals surface area contributed by atoms with Gasteiger partial charge >= 0.3 is 0 Å². The summed E-state index contributed by atoms with van der Waals surface area (Å²) in [5.74, 6) is 1.13. The van der Waals surface area contributed by atoms with Crippen LogP contribution in [0.5, 0.6) is 0 Å². The third kappa shape index (κ3) is 3.22. The molecule has 2 unspecified atom stereocenters. The molecule has 0 aromatic carbocycles. The number of morpholine rings is 1. The number of ether oxygens (including phenoxy) is 1. The van der Waals surface area contributed by atoms with E-state index in [1.54, 1.807) is 0 Å². The molecule has 0 radical (unpaired) electrons. The Morgan fingerprint density at radius 2 is 2.21 bits per heavy atom. The number of anilines is 1. The minimum atomic E-state index is -0.150. The summed E-state index contributed by atoms with van der Waals surface area (Å²) in [6.07, 6.45) is -0.150. The van der Waals surface area contributed by atoms with Crippen LogP contribution in [0, 0.1) is 6.92 Å². The third-order valence-corrected chi connectivity index (χ3v) is 3.42. The number of aliphatic hydroxyl groups excluding tert-OH is 1. The minimum absolute atomic E-state index is 0.0338. The van der Waals surface area contributed by atoms with E-state index in [9.17, 15) is 5.11 Å². The van der Waals surface area contributed by atoms with E-state index < -0.39 is 0 Å². The van der Waals surface area contributed by atoms with Gasteiger partial charge in [0, 0.05) is 17.9 Å². The average molecular weight is 265 g/mol. The highest BCUT2D eigenvalue weighted by Gasteiger charge is 2.28. The number of nitrogens with zero attached hydrogens (tertiary/aromatic N) is 3. The molecule has 1 fully saturated rings. The van der Waals surface area contributed by atoms with Gasteiger partial charge in [0.15, 0.2) is 0 Å². The molecule has 2 heterocycles. The maximum Gasteiger partial charge on any atom is 0.226 e. The highest BCUT2D eigenvalue weighted by molar-refractivity contribution is 5.35. The van der Waals surface area contributed by atoms with E-state index in [0.717, 1.165) is 17.3 Å². The van der Waals surface area contributed by atoms with E-state index >= 15 is 0 Å². The van der Waals surface area contributed by atoms with Crippen molar-refractivity contribution in [1.82, 2.24) is 9.97 Å². The molecule has 0 spiro atoms. The minimum Gasteiger partial charge on any atom is -0.394 e. The van der Waals surface area contributed by atoms with Gasteiger partial charge in [-0.25, -0.2) is 9.97 Å². The van der Waals surface area contributed by atoms with E-state index in [4.69, 9.17) is 4.74 Å². The van der Waals surface area contributed by atoms with Crippen LogP contribution in [0.25, 0.3) is 0 Å². The Bertz CT molecular complexity index is 437. The molecule has 1 aliphatic heterocycles. The maximum absolute atomic E-state index is 9.25. The van der Waals surface area contributed by atoms with Crippen LogP contribution >= 0.6 is 0 Å². The van der Waals surface area contributed by atoms with Crippen LogP contribution in [0.2, 0.25) is 0 Å². The van der Waals surface area contributed by atoms with E-state index in [0.29, 0.717) is 19.1 Å². The Morgan fingerprint density at radius 3 is 2.84 bits per heavy atom. The molecule has 0 amide bonds. The molecule has 1 aromatic rings. The monoisotopic (exact) mass is 265 g/mol. The van der Waals surface area contributed by atoms with Crippen molar-refractivity contribution in [1.29, 1.82) is 0 Å². The second-order valence-electron chi connectivity index (χ2n) is 5.53. The van der Waals surface area contributed by atoms with Crippen molar-refractivity contribution in [3.8, 4) is 0 Å². The first-order valence-electron chi connectivity index (χ1n) is 6.86. The summed E-state index contributed by atoms with van der Waals surface area (Å²) in [7, 11) is 0. The summed E-state index contributed by atoms with van der Waals surface area (Å²) >= 11 is 0. The van der Waals surface area contributed by atoms with E-state index in [1.807, 2.05) is 13.0 Å². The summed E-state index contributed by atoms with van der Waals surface area (Å²) in [6, 6.07) is 2.26. The largest absolute Gasteiger partial charge is 0.394 e. The highest BCUT2D eigenvalue weighted by atomic mass is 16.5. The summed E-state index contributed by atoms with van der Waals surface area (Å²) in [4.78, 5) is 11.3. The number of hydrogen-bond acceptors (Lipinski definition) is 5. The fourth-order valence-electron chi connectivity index (χ4n) is 2.21. The van der Waals surface area contributed by atoms with Gasteiger partial charge in [0.05, 0.1) is 25.4 Å². The van der Waals surface area contributed by atoms with Crippen molar-refractivity contribution in [2.24, 2.45) is 0 Å². The van der Waals surface area contributed by atoms with Gasteiger partial charge in [-0.05, 0) is 25.8 Å². The SMILES string of the molecule is Cc1cc(C(C)C)nc(N2CC(CO)OCC2C)n1. The predicted octanol–water partition coefficient (Wildman–Crippen LogP) is 1.49. The fraction of sp³-hybridized carbons (Fsp3) is 0.714. The first kappa shape index (κ1) is 14.2. The average Bonchev–Trinajstić information content (AvgIpc) is 2.38. The summed E-state index contributed by atoms with van der Waals surface area (Å²) in [5, 5.41) is 9.25. The van der Waals surface area contributed by atoms with Crippen LogP contribution in [0.4, 0.5) is 5.95 Å². The first-order valence-corrected chi connectivity index (χ1v) is 6.86. The van der Waals surface area contributed by atoms with Gasteiger partial charge in [0.2, 0.25) is 5.95 Å². The molecule has 0 bridgehead atoms. The highest BCUT2D eigenvalue weighted by Crippen LogP contribution is 2.21. The van der Waals surface area contributed by atoms with Crippen molar-refractivity contribution in [3.63, 3.8) is 0 Å². The summed E-state index contributed by atoms with van der Waals surface area (Å²) < 4.78 is 5.55. The fourth-order valence-corrected chi connectivity index (χ4v) is 2.21. The molecule has 2 atom stereocenters. The zero-order valence-electron chi connectivity index (χ0n) is 12.1. The molecule has 0 saturated carbocycles. The van der Waals surface area contributed by atoms with Crippen LogP contribution in [-0.2, 0) is 4.74 Å². The topological polar surface area (TPSA) is 58.5 Å². The normalized spacial score (nSPS) is 24.0.